The van der Waals surface area contributed by atoms with Gasteiger partial charge in [-0.2, -0.15) is 0 Å². The summed E-state index contributed by atoms with van der Waals surface area (Å²) in [7, 11) is 1.54. The van der Waals surface area contributed by atoms with Crippen LogP contribution in [0.25, 0.3) is 11.0 Å². The van der Waals surface area contributed by atoms with Crippen molar-refractivity contribution in [1.29, 1.82) is 0 Å². The van der Waals surface area contributed by atoms with Gasteiger partial charge in [-0.25, -0.2) is 0 Å². The maximum atomic E-state index is 12.3. The fourth-order valence-electron chi connectivity index (χ4n) is 2.06. The van der Waals surface area contributed by atoms with Crippen molar-refractivity contribution in [3.63, 3.8) is 0 Å². The molecule has 20 heavy (non-hydrogen) atoms. The molecule has 0 saturated carbocycles. The van der Waals surface area contributed by atoms with Crippen LogP contribution in [0.4, 0.5) is 0 Å². The second-order valence-corrected chi connectivity index (χ2v) is 4.34. The van der Waals surface area contributed by atoms with Gasteiger partial charge in [-0.1, -0.05) is 30.3 Å². The molecule has 1 aromatic heterocycles. The number of methoxy groups -OCH3 is 1. The number of hydrogen-bond acceptors (Lipinski definition) is 4. The van der Waals surface area contributed by atoms with Crippen molar-refractivity contribution < 1.29 is 19.1 Å². The van der Waals surface area contributed by atoms with Gasteiger partial charge in [0.2, 0.25) is 11.5 Å². The number of carbonyl (C=O) groups is 1. The van der Waals surface area contributed by atoms with Crippen LogP contribution in [-0.2, 0) is 0 Å². The summed E-state index contributed by atoms with van der Waals surface area (Å²) in [6.07, 6.45) is 0. The van der Waals surface area contributed by atoms with Crippen LogP contribution in [0.3, 0.4) is 0 Å². The highest BCUT2D eigenvalue weighted by Gasteiger charge is 2.21. The Hall–Kier alpha value is -2.75. The minimum absolute atomic E-state index is 0.0561. The van der Waals surface area contributed by atoms with E-state index in [1.54, 1.807) is 49.6 Å². The molecular weight excluding hydrogens is 256 g/mol. The van der Waals surface area contributed by atoms with Gasteiger partial charge in [-0.3, -0.25) is 4.79 Å². The van der Waals surface area contributed by atoms with Gasteiger partial charge in [-0.15, -0.1) is 0 Å². The second-order valence-electron chi connectivity index (χ2n) is 4.34. The van der Waals surface area contributed by atoms with Crippen LogP contribution in [0.1, 0.15) is 16.1 Å². The van der Waals surface area contributed by atoms with E-state index in [4.69, 9.17) is 9.15 Å². The summed E-state index contributed by atoms with van der Waals surface area (Å²) in [4.78, 5) is 12.3. The van der Waals surface area contributed by atoms with Gasteiger partial charge in [0, 0.05) is 11.6 Å². The average molecular weight is 268 g/mol. The van der Waals surface area contributed by atoms with Crippen LogP contribution in [0.15, 0.2) is 52.9 Å². The van der Waals surface area contributed by atoms with Gasteiger partial charge in [0.05, 0.1) is 12.5 Å². The number of furan rings is 1. The quantitative estimate of drug-likeness (QED) is 0.740. The molecular formula is C16H12O4. The molecule has 0 amide bonds. The van der Waals surface area contributed by atoms with Crippen molar-refractivity contribution in [1.82, 2.24) is 0 Å². The van der Waals surface area contributed by atoms with E-state index >= 15 is 0 Å². The van der Waals surface area contributed by atoms with Crippen molar-refractivity contribution in [3.8, 4) is 11.5 Å². The Bertz CT molecular complexity index is 772. The molecule has 4 heteroatoms. The first-order chi connectivity index (χ1) is 9.70. The fourth-order valence-corrected chi connectivity index (χ4v) is 2.06. The van der Waals surface area contributed by atoms with Gasteiger partial charge in [0.1, 0.15) is 11.3 Å². The first-order valence-corrected chi connectivity index (χ1v) is 6.10. The van der Waals surface area contributed by atoms with Crippen LogP contribution < -0.4 is 4.74 Å². The molecule has 0 unspecified atom stereocenters. The van der Waals surface area contributed by atoms with E-state index in [9.17, 15) is 9.90 Å². The van der Waals surface area contributed by atoms with E-state index in [1.165, 1.54) is 0 Å². The zero-order chi connectivity index (χ0) is 14.1. The first kappa shape index (κ1) is 12.3. The Morgan fingerprint density at radius 1 is 1.15 bits per heavy atom. The van der Waals surface area contributed by atoms with Crippen molar-refractivity contribution in [2.45, 2.75) is 0 Å². The van der Waals surface area contributed by atoms with Crippen LogP contribution in [0.2, 0.25) is 0 Å². The number of hydrogen-bond donors (Lipinski definition) is 1. The Labute approximate surface area is 115 Å². The highest BCUT2D eigenvalue weighted by molar-refractivity contribution is 6.11. The molecule has 0 saturated heterocycles. The second kappa shape index (κ2) is 4.74. The van der Waals surface area contributed by atoms with E-state index in [1.807, 2.05) is 6.07 Å². The number of rotatable bonds is 3. The number of aromatic hydroxyl groups is 1. The van der Waals surface area contributed by atoms with E-state index < -0.39 is 0 Å². The number of benzene rings is 2. The summed E-state index contributed by atoms with van der Waals surface area (Å²) in [6, 6.07) is 13.7. The lowest BCUT2D eigenvalue weighted by Gasteiger charge is -1.97. The monoisotopic (exact) mass is 268 g/mol. The molecule has 0 aliphatic heterocycles. The predicted molar refractivity (Wildman–Crippen MR) is 74.3 cm³/mol. The number of ketones is 1. The molecule has 3 aromatic rings. The van der Waals surface area contributed by atoms with Crippen molar-refractivity contribution in [3.05, 3.63) is 59.9 Å². The zero-order valence-corrected chi connectivity index (χ0v) is 10.8. The number of ether oxygens (including phenoxy) is 1. The topological polar surface area (TPSA) is 59.7 Å². The largest absolute Gasteiger partial charge is 0.504 e. The standard InChI is InChI=1S/C16H12O4/c1-19-11-7-8-12-13(9-11)20-16(15(12)18)14(17)10-5-3-2-4-6-10/h2-9,18H,1H3. The minimum atomic E-state index is -0.349. The third kappa shape index (κ3) is 1.91. The first-order valence-electron chi connectivity index (χ1n) is 6.10. The Kier molecular flexibility index (Phi) is 2.91. The van der Waals surface area contributed by atoms with Crippen molar-refractivity contribution in [2.75, 3.05) is 7.11 Å². The highest BCUT2D eigenvalue weighted by Crippen LogP contribution is 2.35. The molecule has 0 spiro atoms. The highest BCUT2D eigenvalue weighted by atomic mass is 16.5. The summed E-state index contributed by atoms with van der Waals surface area (Å²) in [5, 5.41) is 10.6. The summed E-state index contributed by atoms with van der Waals surface area (Å²) < 4.78 is 10.6. The molecule has 1 N–H and O–H groups in total. The van der Waals surface area contributed by atoms with Crippen molar-refractivity contribution in [2.24, 2.45) is 0 Å². The summed E-state index contributed by atoms with van der Waals surface area (Å²) in [5.41, 5.74) is 0.884. The van der Waals surface area contributed by atoms with E-state index in [0.717, 1.165) is 0 Å². The molecule has 0 bridgehead atoms. The van der Waals surface area contributed by atoms with Gasteiger partial charge in [0.25, 0.3) is 0 Å². The van der Waals surface area contributed by atoms with E-state index in [-0.39, 0.29) is 17.3 Å². The Balaban J connectivity index is 2.12. The molecule has 0 fully saturated rings. The molecule has 0 aliphatic rings. The molecule has 1 heterocycles. The normalized spacial score (nSPS) is 10.7. The molecule has 0 radical (unpaired) electrons. The lowest BCUT2D eigenvalue weighted by atomic mass is 10.1. The third-order valence-electron chi connectivity index (χ3n) is 3.11. The van der Waals surface area contributed by atoms with Crippen LogP contribution in [0.5, 0.6) is 11.5 Å². The molecule has 3 rings (SSSR count). The summed E-state index contributed by atoms with van der Waals surface area (Å²) in [5.74, 6) is 0.0548. The Morgan fingerprint density at radius 3 is 2.60 bits per heavy atom. The van der Waals surface area contributed by atoms with E-state index in [0.29, 0.717) is 22.3 Å². The molecule has 4 nitrogen and oxygen atoms in total. The van der Waals surface area contributed by atoms with E-state index in [2.05, 4.69) is 0 Å². The zero-order valence-electron chi connectivity index (χ0n) is 10.8. The van der Waals surface area contributed by atoms with Gasteiger partial charge < -0.3 is 14.3 Å². The minimum Gasteiger partial charge on any atom is -0.504 e. The smallest absolute Gasteiger partial charge is 0.232 e. The maximum Gasteiger partial charge on any atom is 0.232 e. The average Bonchev–Trinajstić information content (AvgIpc) is 2.84. The van der Waals surface area contributed by atoms with Gasteiger partial charge in [0.15, 0.2) is 5.75 Å². The molecule has 0 aliphatic carbocycles. The summed E-state index contributed by atoms with van der Waals surface area (Å²) in [6.45, 7) is 0. The lowest BCUT2D eigenvalue weighted by Crippen LogP contribution is -1.99. The van der Waals surface area contributed by atoms with Crippen LogP contribution in [0, 0.1) is 0 Å². The van der Waals surface area contributed by atoms with Gasteiger partial charge in [-0.05, 0) is 12.1 Å². The lowest BCUT2D eigenvalue weighted by molar-refractivity contribution is 0.101. The third-order valence-corrected chi connectivity index (χ3v) is 3.11. The van der Waals surface area contributed by atoms with Crippen LogP contribution in [-0.4, -0.2) is 18.0 Å². The van der Waals surface area contributed by atoms with Gasteiger partial charge >= 0.3 is 0 Å². The van der Waals surface area contributed by atoms with Crippen molar-refractivity contribution >= 4 is 16.8 Å². The van der Waals surface area contributed by atoms with Crippen LogP contribution >= 0.6 is 0 Å². The predicted octanol–water partition coefficient (Wildman–Crippen LogP) is 3.38. The molecule has 2 aromatic carbocycles. The molecule has 0 atom stereocenters. The number of carbonyl (C=O) groups excluding carboxylic acids is 1. The fraction of sp³-hybridized carbons (Fsp3) is 0.0625. The summed E-state index contributed by atoms with van der Waals surface area (Å²) >= 11 is 0. The Morgan fingerprint density at radius 2 is 1.90 bits per heavy atom. The number of fused-ring (bicyclic) bond motifs is 1. The molecule has 100 valence electrons. The SMILES string of the molecule is COc1ccc2c(O)c(C(=O)c3ccccc3)oc2c1. The maximum absolute atomic E-state index is 12.3.